The summed E-state index contributed by atoms with van der Waals surface area (Å²) in [5.41, 5.74) is 7.01. The number of hydrogen-bond acceptors (Lipinski definition) is 4. The van der Waals surface area contributed by atoms with Gasteiger partial charge in [-0.3, -0.25) is 4.90 Å². The van der Waals surface area contributed by atoms with Crippen LogP contribution >= 0.6 is 0 Å². The van der Waals surface area contributed by atoms with E-state index < -0.39 is 0 Å². The van der Waals surface area contributed by atoms with Gasteiger partial charge >= 0.3 is 0 Å². The van der Waals surface area contributed by atoms with Crippen LogP contribution in [0.2, 0.25) is 0 Å². The van der Waals surface area contributed by atoms with Gasteiger partial charge in [-0.05, 0) is 31.9 Å². The van der Waals surface area contributed by atoms with Crippen molar-refractivity contribution >= 4 is 0 Å². The summed E-state index contributed by atoms with van der Waals surface area (Å²) >= 11 is 0. The Morgan fingerprint density at radius 3 is 3.06 bits per heavy atom. The van der Waals surface area contributed by atoms with E-state index in [2.05, 4.69) is 11.9 Å². The lowest BCUT2D eigenvalue weighted by Crippen LogP contribution is -2.36. The molecule has 1 saturated heterocycles. The second-order valence-electron chi connectivity index (χ2n) is 4.83. The zero-order valence-corrected chi connectivity index (χ0v) is 10.5. The van der Waals surface area contributed by atoms with Gasteiger partial charge in [0.25, 0.3) is 0 Å². The molecule has 0 amide bonds. The second kappa shape index (κ2) is 6.19. The van der Waals surface area contributed by atoms with Crippen molar-refractivity contribution in [3.05, 3.63) is 24.2 Å². The minimum Gasteiger partial charge on any atom is -0.472 e. The standard InChI is InChI=1S/C13H22N2O2/c1-15(8-11-3-2-5-16-9-11)13(7-14)12-4-6-17-10-12/h4,6,10-11,13H,2-3,5,7-9,14H2,1H3. The lowest BCUT2D eigenvalue weighted by Gasteiger charge is -2.31. The molecule has 1 fully saturated rings. The van der Waals surface area contributed by atoms with Crippen LogP contribution in [-0.2, 0) is 4.74 Å². The fourth-order valence-electron chi connectivity index (χ4n) is 2.52. The van der Waals surface area contributed by atoms with Crippen LogP contribution in [0.5, 0.6) is 0 Å². The molecule has 2 N–H and O–H groups in total. The molecule has 4 heteroatoms. The molecular weight excluding hydrogens is 216 g/mol. The number of rotatable bonds is 5. The molecule has 2 heterocycles. The van der Waals surface area contributed by atoms with Crippen LogP contribution < -0.4 is 5.73 Å². The van der Waals surface area contributed by atoms with Gasteiger partial charge in [-0.15, -0.1) is 0 Å². The Bertz CT molecular complexity index is 307. The molecule has 0 aliphatic carbocycles. The highest BCUT2D eigenvalue weighted by Crippen LogP contribution is 2.22. The van der Waals surface area contributed by atoms with Crippen molar-refractivity contribution in [2.24, 2.45) is 11.7 Å². The van der Waals surface area contributed by atoms with E-state index in [9.17, 15) is 0 Å². The van der Waals surface area contributed by atoms with E-state index in [1.54, 1.807) is 12.5 Å². The van der Waals surface area contributed by atoms with Gasteiger partial charge < -0.3 is 14.9 Å². The van der Waals surface area contributed by atoms with Crippen molar-refractivity contribution in [1.29, 1.82) is 0 Å². The zero-order chi connectivity index (χ0) is 12.1. The van der Waals surface area contributed by atoms with E-state index in [0.717, 1.165) is 25.3 Å². The monoisotopic (exact) mass is 238 g/mol. The summed E-state index contributed by atoms with van der Waals surface area (Å²) in [4.78, 5) is 2.31. The molecule has 0 spiro atoms. The molecule has 0 aromatic carbocycles. The maximum Gasteiger partial charge on any atom is 0.0950 e. The number of hydrogen-bond donors (Lipinski definition) is 1. The molecule has 0 bridgehead atoms. The number of ether oxygens (including phenoxy) is 1. The molecule has 1 aliphatic heterocycles. The number of furan rings is 1. The summed E-state index contributed by atoms with van der Waals surface area (Å²) in [5, 5.41) is 0. The first-order chi connectivity index (χ1) is 8.31. The first kappa shape index (κ1) is 12.6. The average molecular weight is 238 g/mol. The number of likely N-dealkylation sites (N-methyl/N-ethyl adjacent to an activating group) is 1. The van der Waals surface area contributed by atoms with E-state index in [1.807, 2.05) is 6.07 Å². The van der Waals surface area contributed by atoms with Crippen molar-refractivity contribution < 1.29 is 9.15 Å². The molecule has 96 valence electrons. The Hall–Kier alpha value is -0.840. The molecule has 4 nitrogen and oxygen atoms in total. The Labute approximate surface area is 103 Å². The molecule has 2 unspecified atom stereocenters. The van der Waals surface area contributed by atoms with Crippen molar-refractivity contribution in [3.63, 3.8) is 0 Å². The Balaban J connectivity index is 1.90. The molecule has 2 rings (SSSR count). The van der Waals surface area contributed by atoms with Gasteiger partial charge in [0.2, 0.25) is 0 Å². The maximum absolute atomic E-state index is 5.86. The summed E-state index contributed by atoms with van der Waals surface area (Å²) in [6, 6.07) is 2.24. The fraction of sp³-hybridized carbons (Fsp3) is 0.692. The predicted octanol–water partition coefficient (Wildman–Crippen LogP) is 1.64. The van der Waals surface area contributed by atoms with Gasteiger partial charge in [-0.1, -0.05) is 0 Å². The largest absolute Gasteiger partial charge is 0.472 e. The van der Waals surface area contributed by atoms with Gasteiger partial charge in [0, 0.05) is 31.3 Å². The molecule has 2 atom stereocenters. The first-order valence-corrected chi connectivity index (χ1v) is 6.31. The quantitative estimate of drug-likeness (QED) is 0.847. The van der Waals surface area contributed by atoms with Crippen LogP contribution in [0.1, 0.15) is 24.4 Å². The van der Waals surface area contributed by atoms with Crippen LogP contribution in [-0.4, -0.2) is 38.3 Å². The van der Waals surface area contributed by atoms with Gasteiger partial charge in [-0.25, -0.2) is 0 Å². The Morgan fingerprint density at radius 2 is 2.47 bits per heavy atom. The molecular formula is C13H22N2O2. The molecule has 0 saturated carbocycles. The zero-order valence-electron chi connectivity index (χ0n) is 10.5. The van der Waals surface area contributed by atoms with Gasteiger partial charge in [0.1, 0.15) is 0 Å². The minimum absolute atomic E-state index is 0.246. The smallest absolute Gasteiger partial charge is 0.0950 e. The fourth-order valence-corrected chi connectivity index (χ4v) is 2.52. The molecule has 1 aliphatic rings. The van der Waals surface area contributed by atoms with E-state index in [4.69, 9.17) is 14.9 Å². The lowest BCUT2D eigenvalue weighted by molar-refractivity contribution is 0.0365. The van der Waals surface area contributed by atoms with Crippen molar-refractivity contribution in [3.8, 4) is 0 Å². The first-order valence-electron chi connectivity index (χ1n) is 6.31. The third kappa shape index (κ3) is 3.31. The Kier molecular flexibility index (Phi) is 4.59. The summed E-state index contributed by atoms with van der Waals surface area (Å²) in [5.74, 6) is 0.634. The normalized spacial score (nSPS) is 22.9. The SMILES string of the molecule is CN(CC1CCCOC1)C(CN)c1ccoc1. The van der Waals surface area contributed by atoms with Crippen LogP contribution in [0.25, 0.3) is 0 Å². The predicted molar refractivity (Wildman–Crippen MR) is 66.7 cm³/mol. The van der Waals surface area contributed by atoms with Gasteiger partial charge in [-0.2, -0.15) is 0 Å². The summed E-state index contributed by atoms with van der Waals surface area (Å²) < 4.78 is 10.6. The van der Waals surface area contributed by atoms with Crippen LogP contribution in [0.4, 0.5) is 0 Å². The third-order valence-corrected chi connectivity index (χ3v) is 3.48. The van der Waals surface area contributed by atoms with E-state index in [1.165, 1.54) is 12.8 Å². The lowest BCUT2D eigenvalue weighted by atomic mass is 10.0. The molecule has 17 heavy (non-hydrogen) atoms. The van der Waals surface area contributed by atoms with Crippen LogP contribution in [0.15, 0.2) is 23.0 Å². The average Bonchev–Trinajstić information content (AvgIpc) is 2.85. The van der Waals surface area contributed by atoms with Crippen LogP contribution in [0, 0.1) is 5.92 Å². The maximum atomic E-state index is 5.86. The Morgan fingerprint density at radius 1 is 1.59 bits per heavy atom. The van der Waals surface area contributed by atoms with E-state index >= 15 is 0 Å². The van der Waals surface area contributed by atoms with Crippen LogP contribution in [0.3, 0.4) is 0 Å². The van der Waals surface area contributed by atoms with E-state index in [-0.39, 0.29) is 6.04 Å². The molecule has 1 aromatic heterocycles. The molecule has 0 radical (unpaired) electrons. The van der Waals surface area contributed by atoms with Crippen molar-refractivity contribution in [2.75, 3.05) is 33.4 Å². The van der Waals surface area contributed by atoms with E-state index in [0.29, 0.717) is 12.5 Å². The van der Waals surface area contributed by atoms with Crippen molar-refractivity contribution in [1.82, 2.24) is 4.90 Å². The highest BCUT2D eigenvalue weighted by atomic mass is 16.5. The third-order valence-electron chi connectivity index (χ3n) is 3.48. The molecule has 1 aromatic rings. The van der Waals surface area contributed by atoms with Gasteiger partial charge in [0.05, 0.1) is 19.1 Å². The van der Waals surface area contributed by atoms with Gasteiger partial charge in [0.15, 0.2) is 0 Å². The second-order valence-corrected chi connectivity index (χ2v) is 4.83. The topological polar surface area (TPSA) is 51.6 Å². The minimum atomic E-state index is 0.246. The summed E-state index contributed by atoms with van der Waals surface area (Å²) in [6.45, 7) is 3.45. The van der Waals surface area contributed by atoms with Crippen molar-refractivity contribution in [2.45, 2.75) is 18.9 Å². The summed E-state index contributed by atoms with van der Waals surface area (Å²) in [7, 11) is 2.12. The summed E-state index contributed by atoms with van der Waals surface area (Å²) in [6.07, 6.45) is 5.92. The number of nitrogens with zero attached hydrogens (tertiary/aromatic N) is 1. The highest BCUT2D eigenvalue weighted by molar-refractivity contribution is 5.12. The number of nitrogens with two attached hydrogens (primary N) is 1. The highest BCUT2D eigenvalue weighted by Gasteiger charge is 2.21.